The first-order valence-corrected chi connectivity index (χ1v) is 9.06. The summed E-state index contributed by atoms with van der Waals surface area (Å²) in [6, 6.07) is 5.85. The van der Waals surface area contributed by atoms with E-state index in [2.05, 4.69) is 14.4 Å². The minimum absolute atomic E-state index is 0.00741. The molecule has 2 aromatic rings. The van der Waals surface area contributed by atoms with E-state index in [1.807, 2.05) is 22.6 Å². The average molecular weight is 448 g/mol. The minimum atomic E-state index is -3.84. The number of nitrogens with zero attached hydrogens (tertiary/aromatic N) is 1. The Kier molecular flexibility index (Phi) is 5.42. The third kappa shape index (κ3) is 4.32. The Hall–Kier alpha value is -1.88. The first-order chi connectivity index (χ1) is 10.8. The number of carboxylic acids is 1. The lowest BCUT2D eigenvalue weighted by molar-refractivity contribution is -0.132. The van der Waals surface area contributed by atoms with Crippen LogP contribution < -0.4 is 4.72 Å². The van der Waals surface area contributed by atoms with E-state index < -0.39 is 16.0 Å². The molecule has 1 aromatic carbocycles. The second-order valence-corrected chi connectivity index (χ2v) is 7.35. The molecule has 0 radical (unpaired) electrons. The van der Waals surface area contributed by atoms with Gasteiger partial charge in [-0.15, -0.1) is 0 Å². The van der Waals surface area contributed by atoms with Gasteiger partial charge in [-0.05, 0) is 58.9 Å². The molecule has 1 heterocycles. The molecule has 0 spiro atoms. The molecule has 0 saturated heterocycles. The predicted octanol–water partition coefficient (Wildman–Crippen LogP) is 2.96. The Morgan fingerprint density at radius 2 is 2.17 bits per heavy atom. The van der Waals surface area contributed by atoms with Gasteiger partial charge in [-0.3, -0.25) is 4.72 Å². The van der Waals surface area contributed by atoms with Gasteiger partial charge in [0.05, 0.1) is 4.90 Å². The van der Waals surface area contributed by atoms with Crippen molar-refractivity contribution in [3.63, 3.8) is 0 Å². The number of carbonyl (C=O) groups is 1. The highest BCUT2D eigenvalue weighted by atomic mass is 127. The lowest BCUT2D eigenvalue weighted by atomic mass is 10.1. The molecule has 7 nitrogen and oxygen atoms in total. The van der Waals surface area contributed by atoms with Crippen LogP contribution in [0.1, 0.15) is 18.9 Å². The molecular formula is C14H13IN2O5S. The fraction of sp³-hybridized carbons (Fsp3) is 0.143. The zero-order valence-electron chi connectivity index (χ0n) is 12.0. The first-order valence-electron chi connectivity index (χ1n) is 6.50. The monoisotopic (exact) mass is 448 g/mol. The van der Waals surface area contributed by atoms with Crippen LogP contribution in [0.25, 0.3) is 6.08 Å². The third-order valence-electron chi connectivity index (χ3n) is 2.94. The predicted molar refractivity (Wildman–Crippen MR) is 92.4 cm³/mol. The van der Waals surface area contributed by atoms with Crippen molar-refractivity contribution < 1.29 is 22.8 Å². The van der Waals surface area contributed by atoms with E-state index in [9.17, 15) is 13.2 Å². The van der Waals surface area contributed by atoms with Crippen molar-refractivity contribution in [2.45, 2.75) is 18.2 Å². The molecule has 0 aliphatic carbocycles. The second-order valence-electron chi connectivity index (χ2n) is 4.50. The molecule has 0 fully saturated rings. The number of halogens is 1. The highest BCUT2D eigenvalue weighted by molar-refractivity contribution is 14.1. The molecule has 0 unspecified atom stereocenters. The first kappa shape index (κ1) is 17.5. The fourth-order valence-electron chi connectivity index (χ4n) is 1.76. The van der Waals surface area contributed by atoms with E-state index >= 15 is 0 Å². The lowest BCUT2D eigenvalue weighted by Gasteiger charge is -2.08. The Balaban J connectivity index is 2.42. The smallest absolute Gasteiger partial charge is 0.331 e. The molecule has 9 heteroatoms. The largest absolute Gasteiger partial charge is 0.478 e. The van der Waals surface area contributed by atoms with Gasteiger partial charge in [-0.25, -0.2) is 13.2 Å². The second kappa shape index (κ2) is 7.13. The number of hydrogen-bond donors (Lipinski definition) is 2. The third-order valence-corrected chi connectivity index (χ3v) is 5.27. The summed E-state index contributed by atoms with van der Waals surface area (Å²) in [7, 11) is -3.84. The number of aromatic nitrogens is 1. The van der Waals surface area contributed by atoms with Crippen molar-refractivity contribution in [1.82, 2.24) is 5.16 Å². The van der Waals surface area contributed by atoms with Gasteiger partial charge < -0.3 is 9.63 Å². The van der Waals surface area contributed by atoms with Gasteiger partial charge in [0.25, 0.3) is 10.0 Å². The number of sulfonamides is 1. The van der Waals surface area contributed by atoms with Crippen LogP contribution in [0, 0.1) is 3.57 Å². The summed E-state index contributed by atoms with van der Waals surface area (Å²) < 4.78 is 32.2. The van der Waals surface area contributed by atoms with Crippen LogP contribution in [0.3, 0.4) is 0 Å². The molecular weight excluding hydrogens is 435 g/mol. The Morgan fingerprint density at radius 3 is 2.74 bits per heavy atom. The van der Waals surface area contributed by atoms with Gasteiger partial charge in [-0.1, -0.05) is 12.1 Å². The van der Waals surface area contributed by atoms with Gasteiger partial charge in [-0.2, -0.15) is 0 Å². The van der Waals surface area contributed by atoms with Crippen LogP contribution in [0.5, 0.6) is 0 Å². The van der Waals surface area contributed by atoms with E-state index in [-0.39, 0.29) is 16.3 Å². The standard InChI is InChI=1S/C14H13IN2O5S/c1-2-9(14(18)19)7-10-8-11(3-4-12(10)15)23(20,21)17-13-5-6-22-16-13/h3-8H,2H2,1H3,(H,16,17)(H,18,19)/b9-7+. The summed E-state index contributed by atoms with van der Waals surface area (Å²) in [6.07, 6.45) is 3.05. The van der Waals surface area contributed by atoms with Gasteiger partial charge in [0.1, 0.15) is 6.26 Å². The number of nitrogens with one attached hydrogen (secondary N) is 1. The van der Waals surface area contributed by atoms with E-state index in [0.717, 1.165) is 3.57 Å². The summed E-state index contributed by atoms with van der Waals surface area (Å²) in [5, 5.41) is 12.6. The number of hydrogen-bond acceptors (Lipinski definition) is 5. The van der Waals surface area contributed by atoms with Crippen LogP contribution in [0.2, 0.25) is 0 Å². The number of anilines is 1. The van der Waals surface area contributed by atoms with Gasteiger partial charge >= 0.3 is 5.97 Å². The Morgan fingerprint density at radius 1 is 1.43 bits per heavy atom. The average Bonchev–Trinajstić information content (AvgIpc) is 2.97. The molecule has 1 aromatic heterocycles. The normalized spacial score (nSPS) is 12.2. The maximum Gasteiger partial charge on any atom is 0.331 e. The minimum Gasteiger partial charge on any atom is -0.478 e. The van der Waals surface area contributed by atoms with Gasteiger partial charge in [0.2, 0.25) is 0 Å². The highest BCUT2D eigenvalue weighted by Gasteiger charge is 2.17. The quantitative estimate of drug-likeness (QED) is 0.520. The number of rotatable bonds is 6. The summed E-state index contributed by atoms with van der Waals surface area (Å²) in [4.78, 5) is 11.1. The van der Waals surface area contributed by atoms with Crippen molar-refractivity contribution in [2.24, 2.45) is 0 Å². The van der Waals surface area contributed by atoms with Crippen LogP contribution in [-0.2, 0) is 14.8 Å². The summed E-state index contributed by atoms with van der Waals surface area (Å²) in [5.74, 6) is -0.960. The molecule has 122 valence electrons. The van der Waals surface area contributed by atoms with Crippen molar-refractivity contribution in [1.29, 1.82) is 0 Å². The van der Waals surface area contributed by atoms with Crippen LogP contribution in [0.4, 0.5) is 5.82 Å². The van der Waals surface area contributed by atoms with Crippen molar-refractivity contribution >= 4 is 50.5 Å². The number of benzene rings is 1. The maximum atomic E-state index is 12.3. The zero-order chi connectivity index (χ0) is 17.0. The van der Waals surface area contributed by atoms with E-state index in [0.29, 0.717) is 12.0 Å². The molecule has 0 amide bonds. The maximum absolute atomic E-state index is 12.3. The van der Waals surface area contributed by atoms with Crippen molar-refractivity contribution in [3.05, 3.63) is 45.2 Å². The molecule has 0 saturated carbocycles. The van der Waals surface area contributed by atoms with Crippen LogP contribution in [0.15, 0.2) is 45.5 Å². The number of aliphatic carboxylic acids is 1. The van der Waals surface area contributed by atoms with Crippen molar-refractivity contribution in [2.75, 3.05) is 4.72 Å². The lowest BCUT2D eigenvalue weighted by Crippen LogP contribution is -2.13. The summed E-state index contributed by atoms with van der Waals surface area (Å²) in [5.41, 5.74) is 0.717. The zero-order valence-corrected chi connectivity index (χ0v) is 15.0. The van der Waals surface area contributed by atoms with E-state index in [1.165, 1.54) is 30.5 Å². The van der Waals surface area contributed by atoms with E-state index in [1.54, 1.807) is 13.0 Å². The van der Waals surface area contributed by atoms with Gasteiger partial charge in [0.15, 0.2) is 5.82 Å². The fourth-order valence-corrected chi connectivity index (χ4v) is 3.28. The highest BCUT2D eigenvalue weighted by Crippen LogP contribution is 2.22. The molecule has 0 aliphatic rings. The molecule has 0 aliphatic heterocycles. The summed E-state index contributed by atoms with van der Waals surface area (Å²) >= 11 is 2.02. The topological polar surface area (TPSA) is 110 Å². The molecule has 2 N–H and O–H groups in total. The van der Waals surface area contributed by atoms with Crippen LogP contribution >= 0.6 is 22.6 Å². The van der Waals surface area contributed by atoms with Crippen molar-refractivity contribution in [3.8, 4) is 0 Å². The van der Waals surface area contributed by atoms with E-state index in [4.69, 9.17) is 5.11 Å². The van der Waals surface area contributed by atoms with Gasteiger partial charge in [0, 0.05) is 15.2 Å². The number of carboxylic acid groups (broad SMARTS) is 1. The molecule has 2 rings (SSSR count). The SMILES string of the molecule is CC/C(=C\c1cc(S(=O)(=O)Nc2ccon2)ccc1I)C(=O)O. The molecule has 23 heavy (non-hydrogen) atoms. The Labute approximate surface area is 146 Å². The summed E-state index contributed by atoms with van der Waals surface area (Å²) in [6.45, 7) is 1.72. The van der Waals surface area contributed by atoms with Crippen LogP contribution in [-0.4, -0.2) is 24.7 Å². The Bertz CT molecular complexity index is 844. The molecule has 0 atom stereocenters. The molecule has 0 bridgehead atoms.